The first-order valence-corrected chi connectivity index (χ1v) is 9.44. The summed E-state index contributed by atoms with van der Waals surface area (Å²) in [6.07, 6.45) is 1.49. The fourth-order valence-corrected chi connectivity index (χ4v) is 7.03. The van der Waals surface area contributed by atoms with Gasteiger partial charge in [0.1, 0.15) is 9.75 Å². The van der Waals surface area contributed by atoms with Crippen LogP contribution in [0.5, 0.6) is 0 Å². The molecule has 3 aliphatic rings. The second-order valence-corrected chi connectivity index (χ2v) is 8.68. The maximum atomic E-state index is 13.1. The molecule has 134 valence electrons. The van der Waals surface area contributed by atoms with E-state index >= 15 is 0 Å². The minimum absolute atomic E-state index is 0.0575. The number of carbonyl (C=O) groups is 2. The van der Waals surface area contributed by atoms with E-state index in [0.29, 0.717) is 0 Å². The lowest BCUT2D eigenvalue weighted by Crippen LogP contribution is -2.60. The molecule has 1 saturated carbocycles. The van der Waals surface area contributed by atoms with Gasteiger partial charge in [-0.3, -0.25) is 9.59 Å². The van der Waals surface area contributed by atoms with Crippen LogP contribution in [0.1, 0.15) is 0 Å². The summed E-state index contributed by atoms with van der Waals surface area (Å²) in [6, 6.07) is 0. The molecule has 11 heteroatoms. The van der Waals surface area contributed by atoms with Gasteiger partial charge in [0.25, 0.3) is 0 Å². The summed E-state index contributed by atoms with van der Waals surface area (Å²) < 4.78 is 11.0. The van der Waals surface area contributed by atoms with Gasteiger partial charge in [0, 0.05) is 25.8 Å². The van der Waals surface area contributed by atoms with Gasteiger partial charge in [-0.25, -0.2) is 9.88 Å². The molecule has 0 radical (unpaired) electrons. The smallest absolute Gasteiger partial charge is 0.242 e. The van der Waals surface area contributed by atoms with Crippen LogP contribution in [0.2, 0.25) is 0 Å². The molecule has 6 nitrogen and oxygen atoms in total. The second kappa shape index (κ2) is 5.32. The van der Waals surface area contributed by atoms with Crippen molar-refractivity contribution in [1.82, 2.24) is 4.98 Å². The number of rotatable bonds is 3. The zero-order valence-electron chi connectivity index (χ0n) is 12.8. The minimum atomic E-state index is -1.77. The van der Waals surface area contributed by atoms with Gasteiger partial charge in [-0.15, -0.1) is 34.5 Å². The third kappa shape index (κ3) is 1.61. The largest absolute Gasteiger partial charge is 0.350 e. The maximum Gasteiger partial charge on any atom is 0.242 e. The first-order chi connectivity index (χ1) is 11.7. The Morgan fingerprint density at radius 2 is 1.56 bits per heavy atom. The summed E-state index contributed by atoms with van der Waals surface area (Å²) in [5.74, 6) is -5.10. The number of alkyl halides is 2. The summed E-state index contributed by atoms with van der Waals surface area (Å²) in [5, 5.41) is 1.77. The summed E-state index contributed by atoms with van der Waals surface area (Å²) in [7, 11) is 2.62. The number of methoxy groups -OCH3 is 2. The third-order valence-electron chi connectivity index (χ3n) is 5.14. The normalized spacial score (nSPS) is 38.9. The van der Waals surface area contributed by atoms with Crippen LogP contribution < -0.4 is 4.90 Å². The Labute approximate surface area is 166 Å². The Balaban J connectivity index is 1.97. The van der Waals surface area contributed by atoms with Crippen LogP contribution >= 0.6 is 57.7 Å². The van der Waals surface area contributed by atoms with Crippen LogP contribution in [-0.4, -0.2) is 46.6 Å². The van der Waals surface area contributed by atoms with E-state index in [9.17, 15) is 9.59 Å². The van der Waals surface area contributed by atoms with Crippen LogP contribution in [0.4, 0.5) is 5.13 Å². The standard InChI is InChI=1S/C14H10Cl4N2O4S/c1-23-14(24-2)12(17)5-6(13(14,18)8(16)7(12)15)10(22)20(9(5)21)11-19-3-4-25-11/h3-6H,1-2H3/t5-,6-,12-,13-/m0/s1. The molecule has 2 bridgehead atoms. The average Bonchev–Trinajstić information content (AvgIpc) is 3.25. The molecule has 1 aromatic rings. The molecule has 1 aromatic heterocycles. The van der Waals surface area contributed by atoms with Gasteiger partial charge < -0.3 is 9.47 Å². The van der Waals surface area contributed by atoms with E-state index in [0.717, 1.165) is 16.2 Å². The quantitative estimate of drug-likeness (QED) is 0.408. The van der Waals surface area contributed by atoms with E-state index < -0.39 is 39.2 Å². The number of ether oxygens (including phenoxy) is 2. The van der Waals surface area contributed by atoms with Crippen molar-refractivity contribution in [2.75, 3.05) is 19.1 Å². The number of aromatic nitrogens is 1. The Hall–Kier alpha value is -0.410. The van der Waals surface area contributed by atoms with Crippen LogP contribution in [0, 0.1) is 11.8 Å². The molecule has 25 heavy (non-hydrogen) atoms. The van der Waals surface area contributed by atoms with Gasteiger partial charge in [-0.2, -0.15) is 0 Å². The number of hydrogen-bond donors (Lipinski definition) is 0. The monoisotopic (exact) mass is 442 g/mol. The summed E-state index contributed by atoms with van der Waals surface area (Å²) in [4.78, 5) is 27.7. The molecule has 0 unspecified atom stereocenters. The third-order valence-corrected chi connectivity index (χ3v) is 8.51. The predicted octanol–water partition coefficient (Wildman–Crippen LogP) is 2.91. The Bertz CT molecular complexity index is 781. The number of fused-ring (bicyclic) bond motifs is 5. The predicted molar refractivity (Wildman–Crippen MR) is 94.2 cm³/mol. The molecule has 2 aliphatic carbocycles. The number of anilines is 1. The molecule has 1 saturated heterocycles. The van der Waals surface area contributed by atoms with Crippen LogP contribution in [-0.2, 0) is 19.1 Å². The van der Waals surface area contributed by atoms with E-state index in [1.165, 1.54) is 20.4 Å². The first kappa shape index (κ1) is 18.0. The molecule has 0 N–H and O–H groups in total. The Morgan fingerprint density at radius 1 is 1.08 bits per heavy atom. The SMILES string of the molecule is COC1(OC)[C@@]2(Cl)C(Cl)=C(Cl)[C@@]1(Cl)[C@@H]1C(=O)N(c3nccs3)C(=O)[C@H]12. The lowest BCUT2D eigenvalue weighted by molar-refractivity contribution is -0.221. The fraction of sp³-hybridized carbons (Fsp3) is 0.500. The topological polar surface area (TPSA) is 68.7 Å². The second-order valence-electron chi connectivity index (χ2n) is 5.86. The van der Waals surface area contributed by atoms with E-state index in [4.69, 9.17) is 55.9 Å². The van der Waals surface area contributed by atoms with Crippen molar-refractivity contribution in [1.29, 1.82) is 0 Å². The van der Waals surface area contributed by atoms with Crippen molar-refractivity contribution in [2.24, 2.45) is 11.8 Å². The van der Waals surface area contributed by atoms with Crippen molar-refractivity contribution in [3.63, 3.8) is 0 Å². The summed E-state index contributed by atoms with van der Waals surface area (Å²) in [5.41, 5.74) is 0. The lowest BCUT2D eigenvalue weighted by atomic mass is 9.84. The fourth-order valence-electron chi connectivity index (χ4n) is 4.22. The highest BCUT2D eigenvalue weighted by Gasteiger charge is 2.89. The molecule has 2 amide bonds. The first-order valence-electron chi connectivity index (χ1n) is 7.05. The van der Waals surface area contributed by atoms with E-state index in [1.807, 2.05) is 0 Å². The maximum absolute atomic E-state index is 13.1. The van der Waals surface area contributed by atoms with Gasteiger partial charge in [0.2, 0.25) is 17.6 Å². The molecule has 2 heterocycles. The molecule has 4 rings (SSSR count). The van der Waals surface area contributed by atoms with E-state index in [1.54, 1.807) is 5.38 Å². The van der Waals surface area contributed by atoms with E-state index in [2.05, 4.69) is 4.98 Å². The highest BCUT2D eigenvalue weighted by molar-refractivity contribution is 7.14. The van der Waals surface area contributed by atoms with Gasteiger partial charge in [0.05, 0.1) is 21.9 Å². The summed E-state index contributed by atoms with van der Waals surface area (Å²) >= 11 is 27.5. The van der Waals surface area contributed by atoms with Gasteiger partial charge in [-0.05, 0) is 0 Å². The van der Waals surface area contributed by atoms with Crippen molar-refractivity contribution in [2.45, 2.75) is 15.5 Å². The molecular formula is C14H10Cl4N2O4S. The lowest BCUT2D eigenvalue weighted by Gasteiger charge is -2.42. The van der Waals surface area contributed by atoms with Crippen LogP contribution in [0.15, 0.2) is 21.6 Å². The van der Waals surface area contributed by atoms with E-state index in [-0.39, 0.29) is 15.2 Å². The van der Waals surface area contributed by atoms with Gasteiger partial charge in [0.15, 0.2) is 5.13 Å². The van der Waals surface area contributed by atoms with Crippen molar-refractivity contribution >= 4 is 74.7 Å². The zero-order chi connectivity index (χ0) is 18.4. The number of imide groups is 1. The van der Waals surface area contributed by atoms with Gasteiger partial charge in [-0.1, -0.05) is 23.2 Å². The van der Waals surface area contributed by atoms with Crippen molar-refractivity contribution in [3.8, 4) is 0 Å². The zero-order valence-corrected chi connectivity index (χ0v) is 16.6. The van der Waals surface area contributed by atoms with Crippen LogP contribution in [0.25, 0.3) is 0 Å². The molecule has 1 aliphatic heterocycles. The summed E-state index contributed by atoms with van der Waals surface area (Å²) in [6.45, 7) is 0. The number of hydrogen-bond acceptors (Lipinski definition) is 6. The molecule has 4 atom stereocenters. The van der Waals surface area contributed by atoms with Crippen molar-refractivity contribution in [3.05, 3.63) is 21.6 Å². The highest BCUT2D eigenvalue weighted by Crippen LogP contribution is 2.75. The highest BCUT2D eigenvalue weighted by atomic mass is 35.5. The molecule has 0 spiro atoms. The Morgan fingerprint density at radius 3 is 1.92 bits per heavy atom. The molecule has 0 aromatic carbocycles. The van der Waals surface area contributed by atoms with Gasteiger partial charge >= 0.3 is 0 Å². The number of nitrogens with zero attached hydrogens (tertiary/aromatic N) is 2. The number of carbonyl (C=O) groups excluding carboxylic acids is 2. The molecular weight excluding hydrogens is 434 g/mol. The minimum Gasteiger partial charge on any atom is -0.350 e. The average molecular weight is 444 g/mol. The molecule has 2 fully saturated rings. The Kier molecular flexibility index (Phi) is 3.82. The number of thiazole rings is 1. The van der Waals surface area contributed by atoms with Crippen molar-refractivity contribution < 1.29 is 19.1 Å². The number of halogens is 4. The number of amides is 2. The van der Waals surface area contributed by atoms with Crippen LogP contribution in [0.3, 0.4) is 0 Å².